The molecule has 0 amide bonds. The van der Waals surface area contributed by atoms with Crippen molar-refractivity contribution in [3.63, 3.8) is 0 Å². The molecular weight excluding hydrogens is 212 g/mol. The fourth-order valence-electron chi connectivity index (χ4n) is 2.56. The van der Waals surface area contributed by atoms with Gasteiger partial charge in [0.05, 0.1) is 0 Å². The van der Waals surface area contributed by atoms with Gasteiger partial charge < -0.3 is 0 Å². The molecule has 0 N–H and O–H groups in total. The smallest absolute Gasteiger partial charge is 0.0364 e. The summed E-state index contributed by atoms with van der Waals surface area (Å²) in [4.78, 5) is 0. The van der Waals surface area contributed by atoms with Gasteiger partial charge in [0.25, 0.3) is 0 Å². The molecule has 2 heteroatoms. The van der Waals surface area contributed by atoms with E-state index in [9.17, 15) is 0 Å². The molecule has 3 unspecified atom stereocenters. The maximum Gasteiger partial charge on any atom is 0.0364 e. The van der Waals surface area contributed by atoms with Gasteiger partial charge >= 0.3 is 0 Å². The molecule has 1 rings (SSSR count). The topological polar surface area (TPSA) is 0 Å². The van der Waals surface area contributed by atoms with Crippen molar-refractivity contribution in [1.29, 1.82) is 0 Å². The third-order valence-corrected chi connectivity index (χ3v) is 4.61. The molecule has 0 radical (unpaired) electrons. The second-order valence-corrected chi connectivity index (χ2v) is 6.07. The molecule has 14 heavy (non-hydrogen) atoms. The monoisotopic (exact) mass is 234 g/mol. The van der Waals surface area contributed by atoms with Crippen LogP contribution in [0.15, 0.2) is 0 Å². The van der Waals surface area contributed by atoms with E-state index in [-0.39, 0.29) is 0 Å². The fourth-order valence-corrected chi connectivity index (χ4v) is 3.46. The van der Waals surface area contributed by atoms with E-state index in [1.807, 2.05) is 11.8 Å². The maximum atomic E-state index is 6.37. The van der Waals surface area contributed by atoms with Crippen LogP contribution >= 0.6 is 23.4 Å². The molecule has 0 spiro atoms. The Kier molecular flexibility index (Phi) is 6.36. The minimum Gasteiger partial charge on any atom is -0.165 e. The highest BCUT2D eigenvalue weighted by Gasteiger charge is 2.27. The standard InChI is InChI=1S/C12H23ClS/c1-3-4-10-5-6-12(13)11(9-10)7-8-14-2/h10-12H,3-9H2,1-2H3. The molecule has 1 aliphatic carbocycles. The van der Waals surface area contributed by atoms with Crippen LogP contribution in [-0.2, 0) is 0 Å². The minimum atomic E-state index is 0.468. The summed E-state index contributed by atoms with van der Waals surface area (Å²) in [7, 11) is 0. The summed E-state index contributed by atoms with van der Waals surface area (Å²) in [6.45, 7) is 2.30. The molecule has 1 fully saturated rings. The maximum absolute atomic E-state index is 6.37. The summed E-state index contributed by atoms with van der Waals surface area (Å²) in [5, 5.41) is 0.468. The van der Waals surface area contributed by atoms with Crippen LogP contribution in [-0.4, -0.2) is 17.4 Å². The molecule has 0 nitrogen and oxygen atoms in total. The van der Waals surface area contributed by atoms with Gasteiger partial charge in [-0.3, -0.25) is 0 Å². The number of hydrogen-bond acceptors (Lipinski definition) is 1. The van der Waals surface area contributed by atoms with Gasteiger partial charge in [-0.1, -0.05) is 19.8 Å². The predicted molar refractivity (Wildman–Crippen MR) is 68.4 cm³/mol. The zero-order chi connectivity index (χ0) is 10.4. The second kappa shape index (κ2) is 7.00. The number of hydrogen-bond donors (Lipinski definition) is 0. The van der Waals surface area contributed by atoms with Crippen molar-refractivity contribution in [2.75, 3.05) is 12.0 Å². The Bertz CT molecular complexity index is 149. The van der Waals surface area contributed by atoms with Crippen LogP contribution in [0.4, 0.5) is 0 Å². The normalized spacial score (nSPS) is 33.2. The highest BCUT2D eigenvalue weighted by Crippen LogP contribution is 2.37. The molecule has 0 aromatic heterocycles. The van der Waals surface area contributed by atoms with Crippen molar-refractivity contribution in [2.45, 2.75) is 50.8 Å². The Morgan fingerprint density at radius 2 is 2.07 bits per heavy atom. The summed E-state index contributed by atoms with van der Waals surface area (Å²) in [6, 6.07) is 0. The third kappa shape index (κ3) is 4.02. The van der Waals surface area contributed by atoms with Crippen molar-refractivity contribution in [1.82, 2.24) is 0 Å². The third-order valence-electron chi connectivity index (χ3n) is 3.39. The summed E-state index contributed by atoms with van der Waals surface area (Å²) < 4.78 is 0. The first-order valence-electron chi connectivity index (χ1n) is 5.91. The van der Waals surface area contributed by atoms with Crippen LogP contribution in [0, 0.1) is 11.8 Å². The van der Waals surface area contributed by atoms with E-state index in [0.29, 0.717) is 5.38 Å². The molecular formula is C12H23ClS. The molecule has 0 saturated heterocycles. The zero-order valence-electron chi connectivity index (χ0n) is 9.47. The van der Waals surface area contributed by atoms with E-state index in [4.69, 9.17) is 11.6 Å². The van der Waals surface area contributed by atoms with E-state index in [1.54, 1.807) is 0 Å². The van der Waals surface area contributed by atoms with Crippen LogP contribution < -0.4 is 0 Å². The van der Waals surface area contributed by atoms with E-state index in [2.05, 4.69) is 13.2 Å². The largest absolute Gasteiger partial charge is 0.165 e. The average Bonchev–Trinajstić information content (AvgIpc) is 2.19. The lowest BCUT2D eigenvalue weighted by Gasteiger charge is -2.32. The first-order chi connectivity index (χ1) is 6.77. The number of thioether (sulfide) groups is 1. The van der Waals surface area contributed by atoms with Gasteiger partial charge in [0.2, 0.25) is 0 Å². The molecule has 0 aromatic rings. The molecule has 0 bridgehead atoms. The predicted octanol–water partition coefficient (Wildman–Crippen LogP) is 4.56. The van der Waals surface area contributed by atoms with Gasteiger partial charge in [-0.2, -0.15) is 11.8 Å². The van der Waals surface area contributed by atoms with Crippen LogP contribution in [0.25, 0.3) is 0 Å². The molecule has 1 aliphatic rings. The Labute approximate surface area is 98.2 Å². The van der Waals surface area contributed by atoms with Crippen molar-refractivity contribution in [3.05, 3.63) is 0 Å². The molecule has 1 saturated carbocycles. The number of rotatable bonds is 5. The Morgan fingerprint density at radius 3 is 2.71 bits per heavy atom. The van der Waals surface area contributed by atoms with Gasteiger partial charge in [0.15, 0.2) is 0 Å². The lowest BCUT2D eigenvalue weighted by molar-refractivity contribution is 0.254. The van der Waals surface area contributed by atoms with Gasteiger partial charge in [-0.25, -0.2) is 0 Å². The van der Waals surface area contributed by atoms with Crippen LogP contribution in [0.1, 0.15) is 45.4 Å². The Hall–Kier alpha value is 0.640. The Balaban J connectivity index is 2.30. The van der Waals surface area contributed by atoms with E-state index >= 15 is 0 Å². The van der Waals surface area contributed by atoms with Gasteiger partial charge in [0.1, 0.15) is 0 Å². The molecule has 0 aliphatic heterocycles. The molecule has 0 aromatic carbocycles. The van der Waals surface area contributed by atoms with E-state index < -0.39 is 0 Å². The van der Waals surface area contributed by atoms with Crippen LogP contribution in [0.2, 0.25) is 0 Å². The summed E-state index contributed by atoms with van der Waals surface area (Å²) in [5.41, 5.74) is 0. The highest BCUT2D eigenvalue weighted by molar-refractivity contribution is 7.98. The second-order valence-electron chi connectivity index (χ2n) is 4.53. The van der Waals surface area contributed by atoms with Crippen molar-refractivity contribution >= 4 is 23.4 Å². The first-order valence-corrected chi connectivity index (χ1v) is 7.74. The lowest BCUT2D eigenvalue weighted by atomic mass is 9.78. The van der Waals surface area contributed by atoms with Crippen LogP contribution in [0.5, 0.6) is 0 Å². The zero-order valence-corrected chi connectivity index (χ0v) is 11.0. The molecule has 84 valence electrons. The van der Waals surface area contributed by atoms with Crippen molar-refractivity contribution < 1.29 is 0 Å². The first kappa shape index (κ1) is 12.7. The number of halogens is 1. The lowest BCUT2D eigenvalue weighted by Crippen LogP contribution is -2.25. The fraction of sp³-hybridized carbons (Fsp3) is 1.00. The molecule has 0 heterocycles. The van der Waals surface area contributed by atoms with Gasteiger partial charge in [-0.15, -0.1) is 11.6 Å². The Morgan fingerprint density at radius 1 is 1.29 bits per heavy atom. The summed E-state index contributed by atoms with van der Waals surface area (Å²) in [6.07, 6.45) is 10.3. The van der Waals surface area contributed by atoms with Crippen molar-refractivity contribution in [3.8, 4) is 0 Å². The highest BCUT2D eigenvalue weighted by atomic mass is 35.5. The van der Waals surface area contributed by atoms with Gasteiger partial charge in [-0.05, 0) is 49.5 Å². The quantitative estimate of drug-likeness (QED) is 0.629. The van der Waals surface area contributed by atoms with E-state index in [0.717, 1.165) is 11.8 Å². The molecule has 3 atom stereocenters. The minimum absolute atomic E-state index is 0.468. The number of alkyl halides is 1. The van der Waals surface area contributed by atoms with E-state index in [1.165, 1.54) is 44.3 Å². The average molecular weight is 235 g/mol. The summed E-state index contributed by atoms with van der Waals surface area (Å²) in [5.74, 6) is 3.06. The van der Waals surface area contributed by atoms with Crippen molar-refractivity contribution in [2.24, 2.45) is 11.8 Å². The summed E-state index contributed by atoms with van der Waals surface area (Å²) >= 11 is 8.33. The van der Waals surface area contributed by atoms with Crippen LogP contribution in [0.3, 0.4) is 0 Å². The SMILES string of the molecule is CCCC1CCC(Cl)C(CCSC)C1. The van der Waals surface area contributed by atoms with Gasteiger partial charge in [0, 0.05) is 5.38 Å².